The molecule has 0 aliphatic rings. The predicted octanol–water partition coefficient (Wildman–Crippen LogP) is 3.89. The number of hydrogen-bond acceptors (Lipinski definition) is 10. The van der Waals surface area contributed by atoms with Gasteiger partial charge in [-0.05, 0) is 30.9 Å². The molecule has 0 aliphatic heterocycles. The van der Waals surface area contributed by atoms with Crippen LogP contribution in [0, 0.1) is 0 Å². The molecule has 1 N–H and O–H groups in total. The number of esters is 1. The molecule has 0 bridgehead atoms. The van der Waals surface area contributed by atoms with Crippen LogP contribution in [0.4, 0.5) is 5.13 Å². The molecule has 3 heterocycles. The van der Waals surface area contributed by atoms with Gasteiger partial charge in [0.25, 0.3) is 10.0 Å². The average Bonchev–Trinajstić information content (AvgIpc) is 3.32. The number of thiophene rings is 1. The van der Waals surface area contributed by atoms with E-state index in [1.165, 1.54) is 24.0 Å². The summed E-state index contributed by atoms with van der Waals surface area (Å²) in [7, 11) is -3.81. The standard InChI is InChI=1S/C16H16N4O4S4/c1-3-4-12(21)24-13-9-18-16(27-13)20-28(22,23)14-6-5-11(26-14)10-7-8-17-15(19-10)25-2/h5-9H,3-4H2,1-2H3,(H,18,20). The first-order chi connectivity index (χ1) is 13.4. The van der Waals surface area contributed by atoms with Crippen molar-refractivity contribution in [2.24, 2.45) is 0 Å². The van der Waals surface area contributed by atoms with Gasteiger partial charge in [0, 0.05) is 12.6 Å². The van der Waals surface area contributed by atoms with Crippen LogP contribution in [0.1, 0.15) is 19.8 Å². The summed E-state index contributed by atoms with van der Waals surface area (Å²) in [6.45, 7) is 1.87. The highest BCUT2D eigenvalue weighted by molar-refractivity contribution is 7.98. The van der Waals surface area contributed by atoms with Crippen LogP contribution in [0.2, 0.25) is 0 Å². The number of ether oxygens (including phenoxy) is 1. The van der Waals surface area contributed by atoms with Crippen LogP contribution in [-0.2, 0) is 14.8 Å². The topological polar surface area (TPSA) is 111 Å². The number of carbonyl (C=O) groups excluding carboxylic acids is 1. The second-order valence-electron chi connectivity index (χ2n) is 5.36. The molecule has 0 spiro atoms. The van der Waals surface area contributed by atoms with Gasteiger partial charge in [-0.25, -0.2) is 23.4 Å². The lowest BCUT2D eigenvalue weighted by Crippen LogP contribution is -2.10. The molecule has 3 aromatic rings. The Bertz CT molecular complexity index is 1080. The number of anilines is 1. The first-order valence-electron chi connectivity index (χ1n) is 8.08. The van der Waals surface area contributed by atoms with E-state index in [0.29, 0.717) is 22.1 Å². The van der Waals surface area contributed by atoms with Gasteiger partial charge < -0.3 is 4.74 Å². The third-order valence-electron chi connectivity index (χ3n) is 3.29. The van der Waals surface area contributed by atoms with Crippen molar-refractivity contribution < 1.29 is 17.9 Å². The molecular weight excluding hydrogens is 440 g/mol. The van der Waals surface area contributed by atoms with Crippen LogP contribution < -0.4 is 9.46 Å². The zero-order chi connectivity index (χ0) is 20.1. The molecule has 0 amide bonds. The number of sulfonamides is 1. The fourth-order valence-electron chi connectivity index (χ4n) is 2.06. The zero-order valence-electron chi connectivity index (χ0n) is 14.9. The molecule has 12 heteroatoms. The normalized spacial score (nSPS) is 11.4. The van der Waals surface area contributed by atoms with Gasteiger partial charge in [0.2, 0.25) is 5.06 Å². The summed E-state index contributed by atoms with van der Waals surface area (Å²) in [6.07, 6.45) is 5.79. The summed E-state index contributed by atoms with van der Waals surface area (Å²) in [4.78, 5) is 24.7. The molecule has 0 saturated carbocycles. The van der Waals surface area contributed by atoms with E-state index in [4.69, 9.17) is 4.74 Å². The molecule has 0 radical (unpaired) electrons. The first kappa shape index (κ1) is 20.7. The maximum absolute atomic E-state index is 12.6. The number of nitrogens with zero attached hydrogens (tertiary/aromatic N) is 3. The Kier molecular flexibility index (Phi) is 6.65. The number of hydrogen-bond donors (Lipinski definition) is 1. The largest absolute Gasteiger partial charge is 0.414 e. The van der Waals surface area contributed by atoms with Gasteiger partial charge in [-0.3, -0.25) is 9.52 Å². The van der Waals surface area contributed by atoms with Crippen LogP contribution in [0.15, 0.2) is 40.0 Å². The fraction of sp³-hybridized carbons (Fsp3) is 0.250. The molecule has 0 aromatic carbocycles. The van der Waals surface area contributed by atoms with Gasteiger partial charge in [0.1, 0.15) is 4.21 Å². The van der Waals surface area contributed by atoms with Crippen molar-refractivity contribution in [1.82, 2.24) is 15.0 Å². The van der Waals surface area contributed by atoms with Crippen LogP contribution >= 0.6 is 34.4 Å². The Morgan fingerprint density at radius 3 is 2.82 bits per heavy atom. The Balaban J connectivity index is 1.74. The average molecular weight is 457 g/mol. The number of rotatable bonds is 8. The van der Waals surface area contributed by atoms with E-state index in [1.807, 2.05) is 13.2 Å². The maximum atomic E-state index is 12.6. The van der Waals surface area contributed by atoms with E-state index in [9.17, 15) is 13.2 Å². The molecular formula is C16H16N4O4S4. The van der Waals surface area contributed by atoms with E-state index in [1.54, 1.807) is 18.3 Å². The van der Waals surface area contributed by atoms with Gasteiger partial charge in [-0.1, -0.05) is 30.0 Å². The highest BCUT2D eigenvalue weighted by Gasteiger charge is 2.20. The number of thioether (sulfide) groups is 1. The summed E-state index contributed by atoms with van der Waals surface area (Å²) in [5.74, 6) is -0.377. The molecule has 0 atom stereocenters. The third kappa shape index (κ3) is 5.07. The molecule has 0 fully saturated rings. The van der Waals surface area contributed by atoms with Crippen molar-refractivity contribution in [3.63, 3.8) is 0 Å². The third-order valence-corrected chi connectivity index (χ3v) is 7.71. The molecule has 0 saturated heterocycles. The lowest BCUT2D eigenvalue weighted by molar-refractivity contribution is -0.134. The van der Waals surface area contributed by atoms with E-state index in [-0.39, 0.29) is 26.8 Å². The summed E-state index contributed by atoms with van der Waals surface area (Å²) < 4.78 is 32.9. The van der Waals surface area contributed by atoms with Crippen molar-refractivity contribution in [3.8, 4) is 15.6 Å². The number of nitrogens with one attached hydrogen (secondary N) is 1. The summed E-state index contributed by atoms with van der Waals surface area (Å²) in [5, 5.41) is 0.982. The Labute approximate surface area is 174 Å². The van der Waals surface area contributed by atoms with Crippen molar-refractivity contribution >= 4 is 55.6 Å². The van der Waals surface area contributed by atoms with E-state index in [2.05, 4.69) is 19.7 Å². The number of carbonyl (C=O) groups is 1. The molecule has 0 aliphatic carbocycles. The minimum absolute atomic E-state index is 0.126. The lowest BCUT2D eigenvalue weighted by atomic mass is 10.3. The smallest absolute Gasteiger partial charge is 0.312 e. The molecule has 28 heavy (non-hydrogen) atoms. The monoisotopic (exact) mass is 456 g/mol. The fourth-order valence-corrected chi connectivity index (χ4v) is 5.62. The van der Waals surface area contributed by atoms with Crippen LogP contribution in [0.3, 0.4) is 0 Å². The van der Waals surface area contributed by atoms with Crippen LogP contribution in [0.25, 0.3) is 10.6 Å². The quantitative estimate of drug-likeness (QED) is 0.309. The van der Waals surface area contributed by atoms with Gasteiger partial charge in [0.15, 0.2) is 10.3 Å². The maximum Gasteiger partial charge on any atom is 0.312 e. The van der Waals surface area contributed by atoms with Crippen molar-refractivity contribution in [1.29, 1.82) is 0 Å². The minimum Gasteiger partial charge on any atom is -0.414 e. The Hall–Kier alpha value is -2.02. The van der Waals surface area contributed by atoms with E-state index in [0.717, 1.165) is 22.7 Å². The minimum atomic E-state index is -3.81. The van der Waals surface area contributed by atoms with Crippen LogP contribution in [-0.4, -0.2) is 35.6 Å². The Morgan fingerprint density at radius 1 is 1.25 bits per heavy atom. The van der Waals surface area contributed by atoms with Gasteiger partial charge >= 0.3 is 5.97 Å². The van der Waals surface area contributed by atoms with Crippen molar-refractivity contribution in [3.05, 3.63) is 30.6 Å². The highest BCUT2D eigenvalue weighted by Crippen LogP contribution is 2.33. The van der Waals surface area contributed by atoms with Crippen LogP contribution in [0.5, 0.6) is 5.06 Å². The highest BCUT2D eigenvalue weighted by atomic mass is 32.2. The SMILES string of the molecule is CCCC(=O)Oc1cnc(NS(=O)(=O)c2ccc(-c3ccnc(SC)n3)s2)s1. The van der Waals surface area contributed by atoms with E-state index < -0.39 is 10.0 Å². The summed E-state index contributed by atoms with van der Waals surface area (Å²) >= 11 is 3.46. The number of thiazole rings is 1. The summed E-state index contributed by atoms with van der Waals surface area (Å²) in [5.41, 5.74) is 0.658. The van der Waals surface area contributed by atoms with Crippen molar-refractivity contribution in [2.45, 2.75) is 29.1 Å². The lowest BCUT2D eigenvalue weighted by Gasteiger charge is -2.02. The van der Waals surface area contributed by atoms with Gasteiger partial charge in [-0.2, -0.15) is 0 Å². The van der Waals surface area contributed by atoms with Gasteiger partial charge in [-0.15, -0.1) is 11.3 Å². The number of aromatic nitrogens is 3. The molecule has 0 unspecified atom stereocenters. The molecule has 3 aromatic heterocycles. The van der Waals surface area contributed by atoms with Gasteiger partial charge in [0.05, 0.1) is 16.8 Å². The van der Waals surface area contributed by atoms with Crippen molar-refractivity contribution in [2.75, 3.05) is 11.0 Å². The zero-order valence-corrected chi connectivity index (χ0v) is 18.2. The molecule has 8 nitrogen and oxygen atoms in total. The second-order valence-corrected chi connectivity index (χ2v) is 10.1. The second kappa shape index (κ2) is 8.99. The summed E-state index contributed by atoms with van der Waals surface area (Å²) in [6, 6.07) is 4.94. The molecule has 148 valence electrons. The van der Waals surface area contributed by atoms with E-state index >= 15 is 0 Å². The Morgan fingerprint density at radius 2 is 2.07 bits per heavy atom. The first-order valence-corrected chi connectivity index (χ1v) is 12.4. The predicted molar refractivity (Wildman–Crippen MR) is 111 cm³/mol. The molecule has 3 rings (SSSR count).